The van der Waals surface area contributed by atoms with Crippen LogP contribution >= 0.6 is 11.8 Å². The molecule has 1 aromatic carbocycles. The lowest BCUT2D eigenvalue weighted by atomic mass is 10.4. The van der Waals surface area contributed by atoms with Crippen molar-refractivity contribution < 1.29 is 0 Å². The van der Waals surface area contributed by atoms with E-state index >= 15 is 0 Å². The minimum absolute atomic E-state index is 0.484. The molecule has 0 radical (unpaired) electrons. The monoisotopic (exact) mass is 246 g/mol. The lowest BCUT2D eigenvalue weighted by molar-refractivity contribution is 1.10. The zero-order valence-corrected chi connectivity index (χ0v) is 10.2. The van der Waals surface area contributed by atoms with Crippen LogP contribution in [0.4, 0.5) is 11.8 Å². The van der Waals surface area contributed by atoms with Crippen LogP contribution < -0.4 is 11.1 Å². The van der Waals surface area contributed by atoms with Crippen molar-refractivity contribution in [3.8, 4) is 0 Å². The molecule has 0 aliphatic heterocycles. The Labute approximate surface area is 105 Å². The first-order valence-electron chi connectivity index (χ1n) is 5.35. The van der Waals surface area contributed by atoms with Crippen LogP contribution in [-0.4, -0.2) is 22.3 Å². The molecule has 2 aromatic rings. The summed E-state index contributed by atoms with van der Waals surface area (Å²) in [5.74, 6) is 2.03. The van der Waals surface area contributed by atoms with Crippen LogP contribution in [0.2, 0.25) is 0 Å². The Bertz CT molecular complexity index is 461. The summed E-state index contributed by atoms with van der Waals surface area (Å²) in [5, 5.41) is 3.13. The van der Waals surface area contributed by atoms with Crippen LogP contribution in [0, 0.1) is 0 Å². The molecule has 0 aliphatic carbocycles. The molecular weight excluding hydrogens is 232 g/mol. The first kappa shape index (κ1) is 11.7. The Morgan fingerprint density at radius 2 is 2.00 bits per heavy atom. The second kappa shape index (κ2) is 6.10. The standard InChI is InChI=1S/C12H14N4S/c13-11-6-7-14-12(16-11)15-8-9-17-10-4-2-1-3-5-10/h1-7H,8-9H2,(H3,13,14,15,16). The minimum atomic E-state index is 0.484. The van der Waals surface area contributed by atoms with Crippen molar-refractivity contribution in [1.82, 2.24) is 9.97 Å². The summed E-state index contributed by atoms with van der Waals surface area (Å²) < 4.78 is 0. The number of nitrogen functional groups attached to an aromatic ring is 1. The molecule has 0 aliphatic rings. The van der Waals surface area contributed by atoms with Gasteiger partial charge in [0, 0.05) is 23.4 Å². The van der Waals surface area contributed by atoms with Gasteiger partial charge in [0.05, 0.1) is 0 Å². The van der Waals surface area contributed by atoms with Crippen LogP contribution in [0.1, 0.15) is 0 Å². The number of nitrogens with zero attached hydrogens (tertiary/aromatic N) is 2. The van der Waals surface area contributed by atoms with Gasteiger partial charge in [0.2, 0.25) is 5.95 Å². The molecule has 0 unspecified atom stereocenters. The molecule has 0 saturated heterocycles. The summed E-state index contributed by atoms with van der Waals surface area (Å²) in [4.78, 5) is 9.40. The van der Waals surface area contributed by atoms with Crippen molar-refractivity contribution in [1.29, 1.82) is 0 Å². The second-order valence-electron chi connectivity index (χ2n) is 3.39. The van der Waals surface area contributed by atoms with Crippen molar-refractivity contribution in [2.75, 3.05) is 23.3 Å². The van der Waals surface area contributed by atoms with Gasteiger partial charge in [-0.25, -0.2) is 4.98 Å². The van der Waals surface area contributed by atoms with Gasteiger partial charge in [-0.05, 0) is 18.2 Å². The molecular formula is C12H14N4S. The summed E-state index contributed by atoms with van der Waals surface area (Å²) in [5.41, 5.74) is 5.56. The number of nitrogens with two attached hydrogens (primary N) is 1. The smallest absolute Gasteiger partial charge is 0.224 e. The van der Waals surface area contributed by atoms with E-state index in [2.05, 4.69) is 27.4 Å². The predicted molar refractivity (Wildman–Crippen MR) is 72.1 cm³/mol. The quantitative estimate of drug-likeness (QED) is 0.626. The number of hydrogen-bond acceptors (Lipinski definition) is 5. The van der Waals surface area contributed by atoms with Gasteiger partial charge >= 0.3 is 0 Å². The highest BCUT2D eigenvalue weighted by atomic mass is 32.2. The Kier molecular flexibility index (Phi) is 4.21. The third-order valence-electron chi connectivity index (χ3n) is 2.07. The number of rotatable bonds is 5. The fourth-order valence-electron chi connectivity index (χ4n) is 1.31. The van der Waals surface area contributed by atoms with Crippen LogP contribution in [-0.2, 0) is 0 Å². The predicted octanol–water partition coefficient (Wildman–Crippen LogP) is 2.26. The number of thioether (sulfide) groups is 1. The zero-order chi connectivity index (χ0) is 11.9. The summed E-state index contributed by atoms with van der Waals surface area (Å²) >= 11 is 1.79. The van der Waals surface area contributed by atoms with Crippen LogP contribution in [0.3, 0.4) is 0 Å². The van der Waals surface area contributed by atoms with E-state index in [1.807, 2.05) is 18.2 Å². The van der Waals surface area contributed by atoms with Crippen LogP contribution in [0.15, 0.2) is 47.5 Å². The Balaban J connectivity index is 1.73. The average molecular weight is 246 g/mol. The summed E-state index contributed by atoms with van der Waals surface area (Å²) in [6.45, 7) is 0.809. The third kappa shape index (κ3) is 3.96. The van der Waals surface area contributed by atoms with Gasteiger partial charge in [0.15, 0.2) is 0 Å². The Morgan fingerprint density at radius 1 is 1.18 bits per heavy atom. The fraction of sp³-hybridized carbons (Fsp3) is 0.167. The SMILES string of the molecule is Nc1ccnc(NCCSc2ccccc2)n1. The van der Waals surface area contributed by atoms with Gasteiger partial charge in [0.1, 0.15) is 5.82 Å². The van der Waals surface area contributed by atoms with Crippen molar-refractivity contribution >= 4 is 23.5 Å². The van der Waals surface area contributed by atoms with E-state index in [1.165, 1.54) is 4.90 Å². The fourth-order valence-corrected chi connectivity index (χ4v) is 2.10. The van der Waals surface area contributed by atoms with E-state index in [1.54, 1.807) is 24.0 Å². The highest BCUT2D eigenvalue weighted by Crippen LogP contribution is 2.16. The van der Waals surface area contributed by atoms with Gasteiger partial charge in [-0.15, -0.1) is 11.8 Å². The molecule has 0 atom stereocenters. The number of benzene rings is 1. The van der Waals surface area contributed by atoms with E-state index < -0.39 is 0 Å². The summed E-state index contributed by atoms with van der Waals surface area (Å²) in [7, 11) is 0. The highest BCUT2D eigenvalue weighted by Gasteiger charge is 1.96. The molecule has 0 bridgehead atoms. The van der Waals surface area contributed by atoms with Gasteiger partial charge < -0.3 is 11.1 Å². The van der Waals surface area contributed by atoms with Gasteiger partial charge in [-0.3, -0.25) is 0 Å². The maximum absolute atomic E-state index is 5.56. The number of hydrogen-bond donors (Lipinski definition) is 2. The molecule has 0 spiro atoms. The lowest BCUT2D eigenvalue weighted by Gasteiger charge is -2.04. The van der Waals surface area contributed by atoms with Crippen molar-refractivity contribution in [2.24, 2.45) is 0 Å². The summed E-state index contributed by atoms with van der Waals surface area (Å²) in [6.07, 6.45) is 1.65. The van der Waals surface area contributed by atoms with E-state index in [0.29, 0.717) is 11.8 Å². The molecule has 1 heterocycles. The molecule has 88 valence electrons. The van der Waals surface area contributed by atoms with Crippen molar-refractivity contribution in [2.45, 2.75) is 4.90 Å². The van der Waals surface area contributed by atoms with Crippen LogP contribution in [0.25, 0.3) is 0 Å². The number of anilines is 2. The first-order valence-corrected chi connectivity index (χ1v) is 6.33. The molecule has 5 heteroatoms. The van der Waals surface area contributed by atoms with E-state index in [-0.39, 0.29) is 0 Å². The molecule has 0 fully saturated rings. The van der Waals surface area contributed by atoms with E-state index in [4.69, 9.17) is 5.73 Å². The molecule has 4 nitrogen and oxygen atoms in total. The highest BCUT2D eigenvalue weighted by molar-refractivity contribution is 7.99. The minimum Gasteiger partial charge on any atom is -0.384 e. The van der Waals surface area contributed by atoms with E-state index in [0.717, 1.165) is 12.3 Å². The first-order chi connectivity index (χ1) is 8.34. The normalized spacial score (nSPS) is 10.1. The maximum atomic E-state index is 5.56. The molecule has 0 amide bonds. The molecule has 1 aromatic heterocycles. The van der Waals surface area contributed by atoms with Crippen LogP contribution in [0.5, 0.6) is 0 Å². The molecule has 2 rings (SSSR count). The molecule has 17 heavy (non-hydrogen) atoms. The van der Waals surface area contributed by atoms with Gasteiger partial charge in [0.25, 0.3) is 0 Å². The Hall–Kier alpha value is -1.75. The van der Waals surface area contributed by atoms with Gasteiger partial charge in [-0.2, -0.15) is 4.98 Å². The Morgan fingerprint density at radius 3 is 2.76 bits per heavy atom. The number of aromatic nitrogens is 2. The molecule has 0 saturated carbocycles. The third-order valence-corrected chi connectivity index (χ3v) is 3.09. The average Bonchev–Trinajstić information content (AvgIpc) is 2.36. The maximum Gasteiger partial charge on any atom is 0.224 e. The van der Waals surface area contributed by atoms with E-state index in [9.17, 15) is 0 Å². The van der Waals surface area contributed by atoms with Crippen molar-refractivity contribution in [3.63, 3.8) is 0 Å². The van der Waals surface area contributed by atoms with Crippen molar-refractivity contribution in [3.05, 3.63) is 42.6 Å². The largest absolute Gasteiger partial charge is 0.384 e. The topological polar surface area (TPSA) is 63.8 Å². The zero-order valence-electron chi connectivity index (χ0n) is 9.34. The lowest BCUT2D eigenvalue weighted by Crippen LogP contribution is -2.08. The summed E-state index contributed by atoms with van der Waals surface area (Å²) in [6, 6.07) is 12.0. The number of nitrogens with one attached hydrogen (secondary N) is 1. The van der Waals surface area contributed by atoms with Gasteiger partial charge in [-0.1, -0.05) is 18.2 Å². The second-order valence-corrected chi connectivity index (χ2v) is 4.56. The molecule has 3 N–H and O–H groups in total.